The Morgan fingerprint density at radius 1 is 1.03 bits per heavy atom. The van der Waals surface area contributed by atoms with Crippen molar-refractivity contribution in [2.24, 2.45) is 5.41 Å². The van der Waals surface area contributed by atoms with Gasteiger partial charge in [0.25, 0.3) is 10.0 Å². The van der Waals surface area contributed by atoms with Crippen molar-refractivity contribution in [1.82, 2.24) is 24.7 Å². The number of nitrogens with zero attached hydrogens (tertiary/aromatic N) is 3. The topological polar surface area (TPSA) is 155 Å². The lowest BCUT2D eigenvalue weighted by Crippen LogP contribution is -2.59. The van der Waals surface area contributed by atoms with Crippen molar-refractivity contribution in [3.63, 3.8) is 0 Å². The number of hydrogen-bond acceptors (Lipinski definition) is 7. The van der Waals surface area contributed by atoms with Crippen molar-refractivity contribution < 1.29 is 23.1 Å². The first kappa shape index (κ1) is 23.1. The number of benzene rings is 1. The van der Waals surface area contributed by atoms with Crippen LogP contribution in [0.2, 0.25) is 0 Å². The van der Waals surface area contributed by atoms with E-state index in [2.05, 4.69) is 26.1 Å². The smallest absolute Gasteiger partial charge is 0.405 e. The number of hydrogen-bond donors (Lipinski definition) is 4. The molecule has 2 aromatic heterocycles. The number of aryl methyl sites for hydroxylation is 1. The summed E-state index contributed by atoms with van der Waals surface area (Å²) in [5, 5.41) is 11.7. The lowest BCUT2D eigenvalue weighted by molar-refractivity contribution is -0.137. The average Bonchev–Trinajstić information content (AvgIpc) is 3.27. The molecule has 0 spiro atoms. The van der Waals surface area contributed by atoms with Crippen LogP contribution in [0.3, 0.4) is 0 Å². The zero-order valence-corrected chi connectivity index (χ0v) is 19.9. The molecule has 3 aromatic rings. The molecule has 0 radical (unpaired) electrons. The highest BCUT2D eigenvalue weighted by Crippen LogP contribution is 2.52. The molecule has 3 fully saturated rings. The fraction of sp³-hybridized carbons (Fsp3) is 0.391. The molecule has 0 aliphatic heterocycles. The van der Waals surface area contributed by atoms with Crippen molar-refractivity contribution >= 4 is 39.0 Å². The molecule has 0 unspecified atom stereocenters. The number of carbonyl (C=O) groups excluding carboxylic acids is 1. The number of amides is 2. The molecule has 3 aliphatic rings. The average molecular weight is 499 g/mol. The van der Waals surface area contributed by atoms with Crippen molar-refractivity contribution in [2.45, 2.75) is 55.9 Å². The van der Waals surface area contributed by atoms with Crippen molar-refractivity contribution in [3.05, 3.63) is 48.3 Å². The maximum absolute atomic E-state index is 13.0. The Labute approximate surface area is 202 Å². The third kappa shape index (κ3) is 4.07. The SMILES string of the molecule is Cc1ccc(S(=O)(=O)n2ccc3nc(NNC(=O)C45CCC(NC(=O)O)(CC4)CC5)cnc32)cc1. The highest BCUT2D eigenvalue weighted by Gasteiger charge is 2.53. The molecule has 2 heterocycles. The first-order valence-electron chi connectivity index (χ1n) is 11.4. The maximum atomic E-state index is 13.0. The van der Waals surface area contributed by atoms with Gasteiger partial charge in [-0.1, -0.05) is 17.7 Å². The van der Waals surface area contributed by atoms with Gasteiger partial charge in [0.05, 0.1) is 16.5 Å². The minimum absolute atomic E-state index is 0.152. The molecular formula is C23H26N6O5S. The lowest BCUT2D eigenvalue weighted by Gasteiger charge is -2.52. The van der Waals surface area contributed by atoms with Crippen molar-refractivity contribution in [3.8, 4) is 0 Å². The molecule has 3 saturated carbocycles. The Hall–Kier alpha value is -3.67. The summed E-state index contributed by atoms with van der Waals surface area (Å²) in [4.78, 5) is 32.9. The maximum Gasteiger partial charge on any atom is 0.405 e. The third-order valence-electron chi connectivity index (χ3n) is 7.34. The number of anilines is 1. The number of hydrazine groups is 1. The van der Waals surface area contributed by atoms with Gasteiger partial charge in [0.1, 0.15) is 5.52 Å². The number of carbonyl (C=O) groups is 2. The second-order valence-electron chi connectivity index (χ2n) is 9.46. The second kappa shape index (κ2) is 8.22. The van der Waals surface area contributed by atoms with Crippen LogP contribution in [-0.2, 0) is 14.8 Å². The fourth-order valence-electron chi connectivity index (χ4n) is 5.16. The summed E-state index contributed by atoms with van der Waals surface area (Å²) in [6, 6.07) is 8.11. The molecule has 4 N–H and O–H groups in total. The van der Waals surface area contributed by atoms with E-state index < -0.39 is 27.1 Å². The Bertz CT molecular complexity index is 1390. The van der Waals surface area contributed by atoms with Crippen LogP contribution in [0.25, 0.3) is 11.2 Å². The molecular weight excluding hydrogens is 472 g/mol. The Morgan fingerprint density at radius 2 is 1.69 bits per heavy atom. The Morgan fingerprint density at radius 3 is 2.31 bits per heavy atom. The van der Waals surface area contributed by atoms with Crippen LogP contribution in [0.5, 0.6) is 0 Å². The van der Waals surface area contributed by atoms with Gasteiger partial charge in [-0.25, -0.2) is 27.2 Å². The summed E-state index contributed by atoms with van der Waals surface area (Å²) < 4.78 is 27.2. The molecule has 2 amide bonds. The molecule has 12 heteroatoms. The highest BCUT2D eigenvalue weighted by molar-refractivity contribution is 7.90. The van der Waals surface area contributed by atoms with Crippen molar-refractivity contribution in [2.75, 3.05) is 5.43 Å². The van der Waals surface area contributed by atoms with Gasteiger partial charge in [0.2, 0.25) is 5.91 Å². The predicted octanol–water partition coefficient (Wildman–Crippen LogP) is 2.78. The summed E-state index contributed by atoms with van der Waals surface area (Å²) in [5.41, 5.74) is 6.04. The van der Waals surface area contributed by atoms with Crippen molar-refractivity contribution in [1.29, 1.82) is 0 Å². The van der Waals surface area contributed by atoms with E-state index in [0.29, 0.717) is 44.0 Å². The summed E-state index contributed by atoms with van der Waals surface area (Å²) in [6.07, 6.45) is 5.43. The van der Waals surface area contributed by atoms with E-state index in [1.165, 1.54) is 12.4 Å². The zero-order chi connectivity index (χ0) is 24.8. The fourth-order valence-corrected chi connectivity index (χ4v) is 6.46. The van der Waals surface area contributed by atoms with Crippen LogP contribution in [0.4, 0.5) is 10.6 Å². The molecule has 184 valence electrons. The molecule has 1 aromatic carbocycles. The number of carboxylic acid groups (broad SMARTS) is 1. The molecule has 6 rings (SSSR count). The van der Waals surface area contributed by atoms with Crippen LogP contribution < -0.4 is 16.2 Å². The van der Waals surface area contributed by atoms with Gasteiger partial charge >= 0.3 is 6.09 Å². The Kier molecular flexibility index (Phi) is 5.42. The van der Waals surface area contributed by atoms with E-state index in [9.17, 15) is 18.0 Å². The number of aromatic nitrogens is 3. The minimum Gasteiger partial charge on any atom is -0.465 e. The minimum atomic E-state index is -3.83. The highest BCUT2D eigenvalue weighted by atomic mass is 32.2. The molecule has 11 nitrogen and oxygen atoms in total. The van der Waals surface area contributed by atoms with Gasteiger partial charge < -0.3 is 10.4 Å². The normalized spacial score (nSPS) is 23.7. The van der Waals surface area contributed by atoms with Gasteiger partial charge in [0, 0.05) is 11.7 Å². The van der Waals surface area contributed by atoms with Crippen LogP contribution in [0.1, 0.15) is 44.1 Å². The molecule has 35 heavy (non-hydrogen) atoms. The number of rotatable bonds is 6. The van der Waals surface area contributed by atoms with E-state index in [1.807, 2.05) is 6.92 Å². The monoisotopic (exact) mass is 498 g/mol. The summed E-state index contributed by atoms with van der Waals surface area (Å²) >= 11 is 0. The number of nitrogens with one attached hydrogen (secondary N) is 3. The van der Waals surface area contributed by atoms with Crippen LogP contribution >= 0.6 is 0 Å². The first-order chi connectivity index (χ1) is 16.6. The van der Waals surface area contributed by atoms with E-state index >= 15 is 0 Å². The van der Waals surface area contributed by atoms with Crippen LogP contribution in [0.15, 0.2) is 47.6 Å². The quantitative estimate of drug-likeness (QED) is 0.378. The predicted molar refractivity (Wildman–Crippen MR) is 127 cm³/mol. The van der Waals surface area contributed by atoms with Crippen LogP contribution in [-0.4, -0.2) is 45.0 Å². The van der Waals surface area contributed by atoms with E-state index in [4.69, 9.17) is 5.11 Å². The van der Waals surface area contributed by atoms with Gasteiger partial charge in [-0.05, 0) is 63.6 Å². The number of fused-ring (bicyclic) bond motifs is 4. The molecule has 3 aliphatic carbocycles. The standard InChI is InChI=1S/C23H26N6O5S/c1-15-2-4-16(5-3-15)35(33,34)29-13-6-17-19(29)24-14-18(25-17)27-28-20(30)22-7-10-23(11-8-22,12-9-22)26-21(31)32/h2-6,13-14,26H,7-12H2,1H3,(H,25,27)(H,28,30)(H,31,32). The van der Waals surface area contributed by atoms with E-state index in [1.54, 1.807) is 30.3 Å². The third-order valence-corrected chi connectivity index (χ3v) is 9.02. The Balaban J connectivity index is 1.28. The molecule has 0 saturated heterocycles. The molecule has 0 atom stereocenters. The summed E-state index contributed by atoms with van der Waals surface area (Å²) in [6.45, 7) is 1.88. The first-order valence-corrected chi connectivity index (χ1v) is 12.8. The van der Waals surface area contributed by atoms with Gasteiger partial charge in [-0.2, -0.15) is 0 Å². The zero-order valence-electron chi connectivity index (χ0n) is 19.1. The van der Waals surface area contributed by atoms with Gasteiger partial charge in [-0.15, -0.1) is 0 Å². The summed E-state index contributed by atoms with van der Waals surface area (Å²) in [7, 11) is -3.83. The molecule has 2 bridgehead atoms. The van der Waals surface area contributed by atoms with E-state index in [-0.39, 0.29) is 22.3 Å². The summed E-state index contributed by atoms with van der Waals surface area (Å²) in [5.74, 6) is 0.115. The van der Waals surface area contributed by atoms with Gasteiger partial charge in [0.15, 0.2) is 11.5 Å². The van der Waals surface area contributed by atoms with Gasteiger partial charge in [-0.3, -0.25) is 15.6 Å². The largest absolute Gasteiger partial charge is 0.465 e. The lowest BCUT2D eigenvalue weighted by atomic mass is 9.57. The second-order valence-corrected chi connectivity index (χ2v) is 11.3. The van der Waals surface area contributed by atoms with E-state index in [0.717, 1.165) is 9.54 Å². The van der Waals surface area contributed by atoms with Crippen LogP contribution in [0, 0.1) is 12.3 Å².